The van der Waals surface area contributed by atoms with Crippen molar-refractivity contribution in [3.8, 4) is 0 Å². The molecule has 2 heterocycles. The minimum Gasteiger partial charge on any atom is -0.462 e. The van der Waals surface area contributed by atoms with E-state index in [0.717, 1.165) is 12.0 Å². The molecule has 3 N–H and O–H groups in total. The molecule has 0 spiro atoms. The molecule has 136 valence electrons. The van der Waals surface area contributed by atoms with Gasteiger partial charge in [-0.05, 0) is 30.2 Å². The largest absolute Gasteiger partial charge is 0.462 e. The predicted octanol–water partition coefficient (Wildman–Crippen LogP) is 3.29. The number of thiophene rings is 1. The molecular weight excluding hydrogens is 380 g/mol. The number of carbonyl (C=O) groups excluding carboxylic acids is 2. The highest BCUT2D eigenvalue weighted by atomic mass is 32.2. The van der Waals surface area contributed by atoms with Crippen molar-refractivity contribution in [2.24, 2.45) is 5.92 Å². The SMILES string of the molecule is CCOC(=O)c1c(CC(C)C)csc1NC(=O)CSc1nnc(N)s1. The van der Waals surface area contributed by atoms with Gasteiger partial charge in [0.15, 0.2) is 4.34 Å². The summed E-state index contributed by atoms with van der Waals surface area (Å²) in [4.78, 5) is 24.5. The number of esters is 1. The van der Waals surface area contributed by atoms with Gasteiger partial charge in [-0.25, -0.2) is 4.79 Å². The Labute approximate surface area is 158 Å². The summed E-state index contributed by atoms with van der Waals surface area (Å²) in [6.45, 7) is 6.21. The van der Waals surface area contributed by atoms with E-state index in [1.54, 1.807) is 6.92 Å². The summed E-state index contributed by atoms with van der Waals surface area (Å²) in [5.74, 6) is -0.0693. The van der Waals surface area contributed by atoms with Crippen LogP contribution in [0.2, 0.25) is 0 Å². The summed E-state index contributed by atoms with van der Waals surface area (Å²) in [6.07, 6.45) is 0.749. The van der Waals surface area contributed by atoms with Crippen LogP contribution in [0.3, 0.4) is 0 Å². The number of ether oxygens (including phenoxy) is 1. The van der Waals surface area contributed by atoms with Crippen LogP contribution in [-0.2, 0) is 16.0 Å². The summed E-state index contributed by atoms with van der Waals surface area (Å²) in [5, 5.41) is 13.2. The van der Waals surface area contributed by atoms with E-state index in [0.29, 0.717) is 26.0 Å². The van der Waals surface area contributed by atoms with Crippen LogP contribution in [0.1, 0.15) is 36.7 Å². The van der Waals surface area contributed by atoms with Crippen LogP contribution < -0.4 is 11.1 Å². The number of anilines is 2. The molecule has 1 amide bonds. The average Bonchev–Trinajstić information content (AvgIpc) is 3.11. The minimum absolute atomic E-state index is 0.161. The number of hydrogen-bond acceptors (Lipinski definition) is 9. The lowest BCUT2D eigenvalue weighted by Gasteiger charge is -2.09. The fraction of sp³-hybridized carbons (Fsp3) is 0.467. The number of carbonyl (C=O) groups is 2. The lowest BCUT2D eigenvalue weighted by molar-refractivity contribution is -0.113. The van der Waals surface area contributed by atoms with Crippen molar-refractivity contribution < 1.29 is 14.3 Å². The highest BCUT2D eigenvalue weighted by Crippen LogP contribution is 2.31. The fourth-order valence-electron chi connectivity index (χ4n) is 2.07. The molecule has 0 unspecified atom stereocenters. The molecule has 2 aromatic heterocycles. The first-order valence-corrected chi connectivity index (χ1v) is 10.4. The zero-order valence-electron chi connectivity index (χ0n) is 14.2. The minimum atomic E-state index is -0.403. The van der Waals surface area contributed by atoms with E-state index in [-0.39, 0.29) is 18.3 Å². The third kappa shape index (κ3) is 5.68. The molecule has 2 aromatic rings. The van der Waals surface area contributed by atoms with E-state index in [9.17, 15) is 9.59 Å². The van der Waals surface area contributed by atoms with Crippen molar-refractivity contribution in [3.05, 3.63) is 16.5 Å². The number of thioether (sulfide) groups is 1. The second-order valence-electron chi connectivity index (χ2n) is 5.53. The monoisotopic (exact) mass is 400 g/mol. The summed E-state index contributed by atoms with van der Waals surface area (Å²) in [7, 11) is 0. The van der Waals surface area contributed by atoms with Crippen LogP contribution in [0.15, 0.2) is 9.72 Å². The molecular formula is C15H20N4O3S3. The number of aromatic nitrogens is 2. The van der Waals surface area contributed by atoms with Crippen molar-refractivity contribution in [1.82, 2.24) is 10.2 Å². The van der Waals surface area contributed by atoms with Crippen molar-refractivity contribution >= 4 is 56.4 Å². The topological polar surface area (TPSA) is 107 Å². The summed E-state index contributed by atoms with van der Waals surface area (Å²) < 4.78 is 5.77. The highest BCUT2D eigenvalue weighted by Gasteiger charge is 2.22. The molecule has 0 aliphatic heterocycles. The van der Waals surface area contributed by atoms with Gasteiger partial charge in [-0.2, -0.15) is 0 Å². The van der Waals surface area contributed by atoms with Gasteiger partial charge in [-0.1, -0.05) is 36.9 Å². The Morgan fingerprint density at radius 2 is 2.16 bits per heavy atom. The van der Waals surface area contributed by atoms with E-state index in [2.05, 4.69) is 29.4 Å². The van der Waals surface area contributed by atoms with Crippen molar-refractivity contribution in [2.75, 3.05) is 23.4 Å². The maximum Gasteiger partial charge on any atom is 0.341 e. The molecule has 0 bridgehead atoms. The van der Waals surface area contributed by atoms with Crippen LogP contribution in [0.4, 0.5) is 10.1 Å². The molecule has 0 atom stereocenters. The second kappa shape index (κ2) is 9.16. The van der Waals surface area contributed by atoms with Crippen LogP contribution in [0.25, 0.3) is 0 Å². The molecule has 0 radical (unpaired) electrons. The Morgan fingerprint density at radius 3 is 2.76 bits per heavy atom. The van der Waals surface area contributed by atoms with Gasteiger partial charge in [-0.15, -0.1) is 21.5 Å². The van der Waals surface area contributed by atoms with Gasteiger partial charge in [0, 0.05) is 0 Å². The quantitative estimate of drug-likeness (QED) is 0.517. The number of nitrogens with two attached hydrogens (primary N) is 1. The first-order chi connectivity index (χ1) is 11.9. The standard InChI is InChI=1S/C15H20N4O3S3/c1-4-22-13(21)11-9(5-8(2)3)6-23-12(11)17-10(20)7-24-15-19-18-14(16)25-15/h6,8H,4-5,7H2,1-3H3,(H2,16,18)(H,17,20). The van der Waals surface area contributed by atoms with Gasteiger partial charge in [-0.3, -0.25) is 4.79 Å². The number of hydrogen-bond donors (Lipinski definition) is 2. The third-order valence-electron chi connectivity index (χ3n) is 2.98. The van der Waals surface area contributed by atoms with E-state index in [1.807, 2.05) is 5.38 Å². The zero-order valence-corrected chi connectivity index (χ0v) is 16.6. The van der Waals surface area contributed by atoms with Gasteiger partial charge in [0.25, 0.3) is 0 Å². The van der Waals surface area contributed by atoms with Crippen molar-refractivity contribution in [1.29, 1.82) is 0 Å². The lowest BCUT2D eigenvalue weighted by Crippen LogP contribution is -2.17. The van der Waals surface area contributed by atoms with Crippen molar-refractivity contribution in [3.63, 3.8) is 0 Å². The van der Waals surface area contributed by atoms with E-state index >= 15 is 0 Å². The molecule has 0 fully saturated rings. The van der Waals surface area contributed by atoms with E-state index < -0.39 is 5.97 Å². The van der Waals surface area contributed by atoms with Crippen LogP contribution in [-0.4, -0.2) is 34.4 Å². The van der Waals surface area contributed by atoms with E-state index in [1.165, 1.54) is 34.4 Å². The first kappa shape index (κ1) is 19.7. The van der Waals surface area contributed by atoms with Crippen molar-refractivity contribution in [2.45, 2.75) is 31.5 Å². The molecule has 0 aliphatic carbocycles. The fourth-order valence-corrected chi connectivity index (χ4v) is 4.49. The van der Waals surface area contributed by atoms with E-state index in [4.69, 9.17) is 10.5 Å². The molecule has 2 rings (SSSR count). The highest BCUT2D eigenvalue weighted by molar-refractivity contribution is 8.01. The predicted molar refractivity (Wildman–Crippen MR) is 102 cm³/mol. The molecule has 0 aliphatic rings. The Balaban J connectivity index is 2.07. The zero-order chi connectivity index (χ0) is 18.4. The summed E-state index contributed by atoms with van der Waals surface area (Å²) >= 11 is 3.82. The maximum absolute atomic E-state index is 12.3. The normalized spacial score (nSPS) is 10.9. The number of rotatable bonds is 8. The Kier molecular flexibility index (Phi) is 7.21. The summed E-state index contributed by atoms with van der Waals surface area (Å²) in [6, 6.07) is 0. The molecule has 25 heavy (non-hydrogen) atoms. The first-order valence-electron chi connectivity index (χ1n) is 7.69. The number of amides is 1. The van der Waals surface area contributed by atoms with Crippen LogP contribution in [0.5, 0.6) is 0 Å². The van der Waals surface area contributed by atoms with Crippen LogP contribution in [0, 0.1) is 5.92 Å². The molecule has 7 nitrogen and oxygen atoms in total. The maximum atomic E-state index is 12.3. The Bertz CT molecular complexity index is 742. The molecule has 0 saturated carbocycles. The summed E-state index contributed by atoms with van der Waals surface area (Å²) in [5.41, 5.74) is 6.87. The lowest BCUT2D eigenvalue weighted by atomic mass is 10.0. The number of nitrogen functional groups attached to an aromatic ring is 1. The Morgan fingerprint density at radius 1 is 1.40 bits per heavy atom. The van der Waals surface area contributed by atoms with Gasteiger partial charge in [0.2, 0.25) is 11.0 Å². The van der Waals surface area contributed by atoms with Gasteiger partial charge in [0.1, 0.15) is 5.00 Å². The van der Waals surface area contributed by atoms with Gasteiger partial charge < -0.3 is 15.8 Å². The second-order valence-corrected chi connectivity index (χ2v) is 8.64. The molecule has 0 saturated heterocycles. The number of nitrogens with zero attached hydrogens (tertiary/aromatic N) is 2. The van der Waals surface area contributed by atoms with Crippen LogP contribution >= 0.6 is 34.4 Å². The number of nitrogens with one attached hydrogen (secondary N) is 1. The molecule has 0 aromatic carbocycles. The average molecular weight is 401 g/mol. The van der Waals surface area contributed by atoms with Gasteiger partial charge in [0.05, 0.1) is 17.9 Å². The Hall–Kier alpha value is -1.65. The smallest absolute Gasteiger partial charge is 0.341 e. The third-order valence-corrected chi connectivity index (χ3v) is 5.81. The van der Waals surface area contributed by atoms with Gasteiger partial charge >= 0.3 is 5.97 Å². The molecule has 10 heteroatoms.